The van der Waals surface area contributed by atoms with Crippen molar-refractivity contribution in [2.75, 3.05) is 0 Å². The molecular formula is C16H17F3N2. The van der Waals surface area contributed by atoms with Gasteiger partial charge in [-0.05, 0) is 42.2 Å². The van der Waals surface area contributed by atoms with E-state index < -0.39 is 11.7 Å². The van der Waals surface area contributed by atoms with Gasteiger partial charge in [0.05, 0.1) is 11.6 Å². The highest BCUT2D eigenvalue weighted by atomic mass is 19.4. The van der Waals surface area contributed by atoms with Crippen molar-refractivity contribution in [3.8, 4) is 0 Å². The fraction of sp³-hybridized carbons (Fsp3) is 0.250. The predicted molar refractivity (Wildman–Crippen MR) is 76.4 cm³/mol. The zero-order valence-corrected chi connectivity index (χ0v) is 11.6. The van der Waals surface area contributed by atoms with E-state index in [1.54, 1.807) is 0 Å². The molecule has 2 rings (SSSR count). The lowest BCUT2D eigenvalue weighted by Crippen LogP contribution is -2.30. The van der Waals surface area contributed by atoms with Gasteiger partial charge in [-0.2, -0.15) is 13.2 Å². The third kappa shape index (κ3) is 3.83. The van der Waals surface area contributed by atoms with Crippen LogP contribution in [0.25, 0.3) is 0 Å². The highest BCUT2D eigenvalue weighted by molar-refractivity contribution is 5.31. The Kier molecular flexibility index (Phi) is 4.65. The van der Waals surface area contributed by atoms with Crippen LogP contribution in [0.4, 0.5) is 13.2 Å². The molecule has 3 N–H and O–H groups in total. The van der Waals surface area contributed by atoms with Crippen molar-refractivity contribution >= 4 is 0 Å². The molecule has 0 saturated heterocycles. The number of hydrogen-bond acceptors (Lipinski definition) is 2. The summed E-state index contributed by atoms with van der Waals surface area (Å²) in [4.78, 5) is 0. The number of nitrogens with two attached hydrogens (primary N) is 1. The number of aryl methyl sites for hydroxylation is 1. The third-order valence-corrected chi connectivity index (χ3v) is 3.49. The van der Waals surface area contributed by atoms with Crippen LogP contribution in [0.5, 0.6) is 0 Å². The third-order valence-electron chi connectivity index (χ3n) is 3.49. The fourth-order valence-corrected chi connectivity index (χ4v) is 2.30. The maximum Gasteiger partial charge on any atom is 0.416 e. The second-order valence-corrected chi connectivity index (χ2v) is 4.97. The van der Waals surface area contributed by atoms with Crippen LogP contribution in [-0.2, 0) is 12.6 Å². The van der Waals surface area contributed by atoms with E-state index in [0.29, 0.717) is 6.42 Å². The van der Waals surface area contributed by atoms with E-state index in [0.717, 1.165) is 28.8 Å². The SMILES string of the molecule is Cc1ccccc1C(Cc1ccc(C(F)(F)F)cc1)NN. The van der Waals surface area contributed by atoms with E-state index in [4.69, 9.17) is 5.84 Å². The molecule has 0 aromatic heterocycles. The maximum absolute atomic E-state index is 12.5. The average molecular weight is 294 g/mol. The summed E-state index contributed by atoms with van der Waals surface area (Å²) in [6.07, 6.45) is -3.78. The van der Waals surface area contributed by atoms with Crippen molar-refractivity contribution in [2.45, 2.75) is 25.6 Å². The molecule has 0 amide bonds. The molecule has 0 bridgehead atoms. The molecule has 21 heavy (non-hydrogen) atoms. The van der Waals surface area contributed by atoms with E-state index in [2.05, 4.69) is 5.43 Å². The molecule has 2 aromatic rings. The van der Waals surface area contributed by atoms with Crippen LogP contribution in [0, 0.1) is 6.92 Å². The van der Waals surface area contributed by atoms with Gasteiger partial charge in [0, 0.05) is 0 Å². The average Bonchev–Trinajstić information content (AvgIpc) is 2.45. The number of hydrogen-bond donors (Lipinski definition) is 2. The molecule has 0 aliphatic carbocycles. The summed E-state index contributed by atoms with van der Waals surface area (Å²) in [6.45, 7) is 1.98. The Labute approximate surface area is 121 Å². The lowest BCUT2D eigenvalue weighted by atomic mass is 9.95. The molecule has 1 unspecified atom stereocenters. The number of alkyl halides is 3. The Hall–Kier alpha value is -1.85. The highest BCUT2D eigenvalue weighted by Crippen LogP contribution is 2.30. The first-order valence-electron chi connectivity index (χ1n) is 6.59. The zero-order valence-electron chi connectivity index (χ0n) is 11.6. The van der Waals surface area contributed by atoms with E-state index in [1.165, 1.54) is 12.1 Å². The summed E-state index contributed by atoms with van der Waals surface area (Å²) in [5, 5.41) is 0. The molecule has 0 spiro atoms. The van der Waals surface area contributed by atoms with Crippen molar-refractivity contribution in [3.05, 3.63) is 70.8 Å². The van der Waals surface area contributed by atoms with Crippen molar-refractivity contribution in [1.29, 1.82) is 0 Å². The fourth-order valence-electron chi connectivity index (χ4n) is 2.30. The van der Waals surface area contributed by atoms with Crippen LogP contribution in [0.15, 0.2) is 48.5 Å². The molecule has 112 valence electrons. The Morgan fingerprint density at radius 1 is 1.05 bits per heavy atom. The largest absolute Gasteiger partial charge is 0.416 e. The number of rotatable bonds is 4. The van der Waals surface area contributed by atoms with Crippen LogP contribution in [0.3, 0.4) is 0 Å². The normalized spacial score (nSPS) is 13.2. The van der Waals surface area contributed by atoms with Gasteiger partial charge in [0.2, 0.25) is 0 Å². The standard InChI is InChI=1S/C16H17F3N2/c1-11-4-2-3-5-14(11)15(21-20)10-12-6-8-13(9-7-12)16(17,18)19/h2-9,15,21H,10,20H2,1H3. The summed E-state index contributed by atoms with van der Waals surface area (Å²) >= 11 is 0. The first-order valence-corrected chi connectivity index (χ1v) is 6.59. The van der Waals surface area contributed by atoms with E-state index in [1.807, 2.05) is 31.2 Å². The Balaban J connectivity index is 2.18. The van der Waals surface area contributed by atoms with Crippen molar-refractivity contribution in [2.24, 2.45) is 5.84 Å². The van der Waals surface area contributed by atoms with Crippen LogP contribution < -0.4 is 11.3 Å². The van der Waals surface area contributed by atoms with Crippen molar-refractivity contribution in [3.63, 3.8) is 0 Å². The van der Waals surface area contributed by atoms with Gasteiger partial charge in [0.1, 0.15) is 0 Å². The quantitative estimate of drug-likeness (QED) is 0.665. The minimum Gasteiger partial charge on any atom is -0.271 e. The molecule has 0 aliphatic heterocycles. The summed E-state index contributed by atoms with van der Waals surface area (Å²) in [6, 6.07) is 12.8. The second-order valence-electron chi connectivity index (χ2n) is 4.97. The lowest BCUT2D eigenvalue weighted by Gasteiger charge is -2.19. The molecule has 1 atom stereocenters. The van der Waals surface area contributed by atoms with Crippen LogP contribution in [0.1, 0.15) is 28.3 Å². The summed E-state index contributed by atoms with van der Waals surface area (Å²) in [5.41, 5.74) is 5.02. The molecular weight excluding hydrogens is 277 g/mol. The van der Waals surface area contributed by atoms with Gasteiger partial charge < -0.3 is 0 Å². The number of halogens is 3. The van der Waals surface area contributed by atoms with Crippen LogP contribution in [0.2, 0.25) is 0 Å². The minimum absolute atomic E-state index is 0.136. The molecule has 5 heteroatoms. The smallest absolute Gasteiger partial charge is 0.271 e. The molecule has 2 nitrogen and oxygen atoms in total. The van der Waals surface area contributed by atoms with Gasteiger partial charge in [-0.3, -0.25) is 11.3 Å². The molecule has 0 fully saturated rings. The Morgan fingerprint density at radius 2 is 1.67 bits per heavy atom. The summed E-state index contributed by atoms with van der Waals surface area (Å²) in [7, 11) is 0. The summed E-state index contributed by atoms with van der Waals surface area (Å²) < 4.78 is 37.6. The van der Waals surface area contributed by atoms with Gasteiger partial charge in [-0.25, -0.2) is 0 Å². The molecule has 0 heterocycles. The van der Waals surface area contributed by atoms with Gasteiger partial charge in [-0.15, -0.1) is 0 Å². The van der Waals surface area contributed by atoms with Crippen LogP contribution >= 0.6 is 0 Å². The van der Waals surface area contributed by atoms with Gasteiger partial charge in [-0.1, -0.05) is 36.4 Å². The Morgan fingerprint density at radius 3 is 2.19 bits per heavy atom. The van der Waals surface area contributed by atoms with Crippen molar-refractivity contribution < 1.29 is 13.2 Å². The van der Waals surface area contributed by atoms with Gasteiger partial charge >= 0.3 is 6.18 Å². The zero-order chi connectivity index (χ0) is 15.5. The molecule has 2 aromatic carbocycles. The van der Waals surface area contributed by atoms with E-state index in [9.17, 15) is 13.2 Å². The van der Waals surface area contributed by atoms with E-state index >= 15 is 0 Å². The number of nitrogens with one attached hydrogen (secondary N) is 1. The first-order chi connectivity index (χ1) is 9.91. The number of benzene rings is 2. The monoisotopic (exact) mass is 294 g/mol. The topological polar surface area (TPSA) is 38.0 Å². The Bertz CT molecular complexity index is 591. The molecule has 0 aliphatic rings. The van der Waals surface area contributed by atoms with Gasteiger partial charge in [0.25, 0.3) is 0 Å². The van der Waals surface area contributed by atoms with Gasteiger partial charge in [0.15, 0.2) is 0 Å². The van der Waals surface area contributed by atoms with Crippen LogP contribution in [-0.4, -0.2) is 0 Å². The first kappa shape index (κ1) is 15.5. The van der Waals surface area contributed by atoms with E-state index in [-0.39, 0.29) is 6.04 Å². The molecule has 0 saturated carbocycles. The summed E-state index contributed by atoms with van der Waals surface area (Å²) in [5.74, 6) is 5.59. The minimum atomic E-state index is -4.31. The molecule has 0 radical (unpaired) electrons. The number of hydrazine groups is 1. The predicted octanol–water partition coefficient (Wildman–Crippen LogP) is 3.76. The lowest BCUT2D eigenvalue weighted by molar-refractivity contribution is -0.137. The van der Waals surface area contributed by atoms with Crippen molar-refractivity contribution in [1.82, 2.24) is 5.43 Å². The highest BCUT2D eigenvalue weighted by Gasteiger charge is 2.30. The maximum atomic E-state index is 12.5. The second kappa shape index (κ2) is 6.28.